The number of hydrogen-bond donors (Lipinski definition) is 1. The van der Waals surface area contributed by atoms with Crippen molar-refractivity contribution in [2.24, 2.45) is 5.92 Å². The van der Waals surface area contributed by atoms with Crippen molar-refractivity contribution < 1.29 is 9.90 Å². The van der Waals surface area contributed by atoms with Crippen LogP contribution >= 0.6 is 0 Å². The molecule has 1 heterocycles. The topological polar surface area (TPSA) is 40.5 Å². The lowest BCUT2D eigenvalue weighted by Crippen LogP contribution is -2.30. The lowest BCUT2D eigenvalue weighted by molar-refractivity contribution is -0.117. The van der Waals surface area contributed by atoms with Gasteiger partial charge in [-0.1, -0.05) is 59.1 Å². The van der Waals surface area contributed by atoms with Gasteiger partial charge < -0.3 is 10.0 Å². The van der Waals surface area contributed by atoms with Crippen molar-refractivity contribution in [1.82, 2.24) is 0 Å². The summed E-state index contributed by atoms with van der Waals surface area (Å²) >= 11 is 0. The lowest BCUT2D eigenvalue weighted by atomic mass is 9.83. The van der Waals surface area contributed by atoms with Crippen LogP contribution in [0.15, 0.2) is 24.3 Å². The van der Waals surface area contributed by atoms with E-state index >= 15 is 0 Å². The van der Waals surface area contributed by atoms with Gasteiger partial charge in [0.05, 0.1) is 6.10 Å². The molecule has 142 valence electrons. The van der Waals surface area contributed by atoms with E-state index in [1.54, 1.807) is 0 Å². The van der Waals surface area contributed by atoms with Crippen molar-refractivity contribution in [3.63, 3.8) is 0 Å². The van der Waals surface area contributed by atoms with Gasteiger partial charge in [-0.2, -0.15) is 0 Å². The van der Waals surface area contributed by atoms with Gasteiger partial charge in [-0.25, -0.2) is 0 Å². The zero-order valence-electron chi connectivity index (χ0n) is 16.8. The Balaban J connectivity index is 0.000000730. The monoisotopic (exact) mass is 347 g/mol. The summed E-state index contributed by atoms with van der Waals surface area (Å²) in [6, 6.07) is 8.24. The number of aliphatic hydroxyl groups excluding tert-OH is 1. The predicted octanol–water partition coefficient (Wildman–Crippen LogP) is 5.87. The smallest absolute Gasteiger partial charge is 0.227 e. The number of nitrogens with zero attached hydrogens (tertiary/aromatic N) is 1. The SMILES string of the molecule is CC.CC.C[C@@H]1CCC(=O)N1c1ccc(C(O)C2CCCCC2)cc1. The van der Waals surface area contributed by atoms with E-state index in [-0.39, 0.29) is 18.1 Å². The van der Waals surface area contributed by atoms with E-state index in [1.165, 1.54) is 19.3 Å². The molecule has 1 unspecified atom stereocenters. The van der Waals surface area contributed by atoms with E-state index < -0.39 is 0 Å². The molecule has 0 radical (unpaired) electrons. The van der Waals surface area contributed by atoms with Crippen LogP contribution in [0.5, 0.6) is 0 Å². The van der Waals surface area contributed by atoms with Gasteiger partial charge in [0.25, 0.3) is 0 Å². The summed E-state index contributed by atoms with van der Waals surface area (Å²) in [7, 11) is 0. The van der Waals surface area contributed by atoms with Crippen molar-refractivity contribution in [2.45, 2.75) is 91.7 Å². The number of benzene rings is 1. The summed E-state index contributed by atoms with van der Waals surface area (Å²) in [5.41, 5.74) is 1.95. The molecule has 3 rings (SSSR count). The number of anilines is 1. The van der Waals surface area contributed by atoms with Crippen molar-refractivity contribution in [3.8, 4) is 0 Å². The lowest BCUT2D eigenvalue weighted by Gasteiger charge is -2.27. The molecule has 0 spiro atoms. The van der Waals surface area contributed by atoms with Crippen LogP contribution in [0, 0.1) is 5.92 Å². The highest BCUT2D eigenvalue weighted by Crippen LogP contribution is 2.35. The fourth-order valence-electron chi connectivity index (χ4n) is 3.78. The van der Waals surface area contributed by atoms with Gasteiger partial charge in [-0.05, 0) is 49.8 Å². The van der Waals surface area contributed by atoms with E-state index in [0.29, 0.717) is 12.3 Å². The molecule has 1 aromatic rings. The quantitative estimate of drug-likeness (QED) is 0.743. The summed E-state index contributed by atoms with van der Waals surface area (Å²) in [4.78, 5) is 13.8. The maximum atomic E-state index is 11.9. The van der Waals surface area contributed by atoms with Crippen LogP contribution in [0.1, 0.15) is 91.2 Å². The minimum atomic E-state index is -0.356. The van der Waals surface area contributed by atoms with Crippen LogP contribution in [0.25, 0.3) is 0 Å². The zero-order valence-corrected chi connectivity index (χ0v) is 16.8. The molecule has 2 aliphatic rings. The van der Waals surface area contributed by atoms with Crippen LogP contribution in [0.4, 0.5) is 5.69 Å². The highest BCUT2D eigenvalue weighted by molar-refractivity contribution is 5.96. The highest BCUT2D eigenvalue weighted by atomic mass is 16.3. The average molecular weight is 348 g/mol. The summed E-state index contributed by atoms with van der Waals surface area (Å²) in [6.45, 7) is 10.1. The Kier molecular flexibility index (Phi) is 9.81. The molecule has 1 amide bonds. The predicted molar refractivity (Wildman–Crippen MR) is 107 cm³/mol. The maximum Gasteiger partial charge on any atom is 0.227 e. The maximum absolute atomic E-state index is 11.9. The Morgan fingerprint density at radius 3 is 2.00 bits per heavy atom. The Bertz CT molecular complexity index is 491. The largest absolute Gasteiger partial charge is 0.388 e. The molecule has 1 aromatic carbocycles. The second-order valence-corrected chi connectivity index (χ2v) is 6.59. The van der Waals surface area contributed by atoms with E-state index in [4.69, 9.17) is 0 Å². The van der Waals surface area contributed by atoms with E-state index in [0.717, 1.165) is 30.5 Å². The molecule has 3 heteroatoms. The Morgan fingerprint density at radius 2 is 1.52 bits per heavy atom. The third-order valence-corrected chi connectivity index (χ3v) is 5.09. The molecule has 1 aliphatic carbocycles. The van der Waals surface area contributed by atoms with Crippen molar-refractivity contribution >= 4 is 11.6 Å². The van der Waals surface area contributed by atoms with E-state index in [9.17, 15) is 9.90 Å². The molecule has 25 heavy (non-hydrogen) atoms. The first kappa shape index (κ1) is 21.7. The molecular weight excluding hydrogens is 310 g/mol. The number of carbonyl (C=O) groups is 1. The van der Waals surface area contributed by atoms with Gasteiger partial charge in [0, 0.05) is 18.2 Å². The highest BCUT2D eigenvalue weighted by Gasteiger charge is 2.29. The van der Waals surface area contributed by atoms with Crippen LogP contribution in [-0.2, 0) is 4.79 Å². The molecule has 3 nitrogen and oxygen atoms in total. The van der Waals surface area contributed by atoms with Gasteiger partial charge in [-0.15, -0.1) is 0 Å². The Labute approximate surface area is 154 Å². The fourth-order valence-corrected chi connectivity index (χ4v) is 3.78. The first-order valence-electron chi connectivity index (χ1n) is 10.3. The molecule has 0 bridgehead atoms. The zero-order chi connectivity index (χ0) is 18.8. The third-order valence-electron chi connectivity index (χ3n) is 5.09. The molecule has 2 fully saturated rings. The van der Waals surface area contributed by atoms with Gasteiger partial charge in [0.15, 0.2) is 0 Å². The second kappa shape index (κ2) is 11.3. The Hall–Kier alpha value is -1.35. The molecular formula is C22H37NO2. The third kappa shape index (κ3) is 5.57. The van der Waals surface area contributed by atoms with Crippen LogP contribution in [0.2, 0.25) is 0 Å². The summed E-state index contributed by atoms with van der Waals surface area (Å²) in [5, 5.41) is 10.5. The van der Waals surface area contributed by atoms with Gasteiger partial charge in [0.2, 0.25) is 5.91 Å². The number of amides is 1. The number of hydrogen-bond acceptors (Lipinski definition) is 2. The van der Waals surface area contributed by atoms with Crippen molar-refractivity contribution in [3.05, 3.63) is 29.8 Å². The van der Waals surface area contributed by atoms with Gasteiger partial charge >= 0.3 is 0 Å². The normalized spacial score (nSPS) is 21.8. The molecule has 1 N–H and O–H groups in total. The average Bonchev–Trinajstić information content (AvgIpc) is 3.03. The molecule has 1 saturated heterocycles. The van der Waals surface area contributed by atoms with Crippen LogP contribution < -0.4 is 4.90 Å². The fraction of sp³-hybridized carbons (Fsp3) is 0.682. The van der Waals surface area contributed by atoms with Crippen LogP contribution in [0.3, 0.4) is 0 Å². The second-order valence-electron chi connectivity index (χ2n) is 6.59. The summed E-state index contributed by atoms with van der Waals surface area (Å²) < 4.78 is 0. The van der Waals surface area contributed by atoms with Crippen molar-refractivity contribution in [2.75, 3.05) is 4.90 Å². The van der Waals surface area contributed by atoms with E-state index in [2.05, 4.69) is 6.92 Å². The molecule has 0 aromatic heterocycles. The minimum Gasteiger partial charge on any atom is -0.388 e. The first-order valence-corrected chi connectivity index (χ1v) is 10.3. The van der Waals surface area contributed by atoms with Crippen molar-refractivity contribution in [1.29, 1.82) is 0 Å². The Morgan fingerprint density at radius 1 is 0.960 bits per heavy atom. The minimum absolute atomic E-state index is 0.211. The molecule has 1 saturated carbocycles. The summed E-state index contributed by atoms with van der Waals surface area (Å²) in [5.74, 6) is 0.611. The molecule has 1 aliphatic heterocycles. The van der Waals surface area contributed by atoms with E-state index in [1.807, 2.05) is 56.9 Å². The molecule has 2 atom stereocenters. The van der Waals surface area contributed by atoms with Crippen LogP contribution in [-0.4, -0.2) is 17.1 Å². The number of carbonyl (C=O) groups excluding carboxylic acids is 1. The summed E-state index contributed by atoms with van der Waals surface area (Å²) in [6.07, 6.45) is 7.26. The standard InChI is InChI=1S/C18H25NO2.2C2H6/c1-13-7-12-17(20)19(13)16-10-8-15(9-11-16)18(21)14-5-3-2-4-6-14;2*1-2/h8-11,13-14,18,21H,2-7,12H2,1H3;2*1-2H3/t13-,18?;;/m1../s1. The first-order chi connectivity index (χ1) is 12.2. The van der Waals surface area contributed by atoms with Gasteiger partial charge in [-0.3, -0.25) is 4.79 Å². The number of aliphatic hydroxyl groups is 1. The van der Waals surface area contributed by atoms with Gasteiger partial charge in [0.1, 0.15) is 0 Å². The number of rotatable bonds is 3.